The first kappa shape index (κ1) is 25.6. The van der Waals surface area contributed by atoms with Gasteiger partial charge in [-0.3, -0.25) is 4.79 Å². The van der Waals surface area contributed by atoms with Crippen molar-refractivity contribution in [1.29, 1.82) is 0 Å². The Balaban J connectivity index is 1.65. The number of methoxy groups -OCH3 is 4. The molecule has 1 atom stereocenters. The van der Waals surface area contributed by atoms with Crippen LogP contribution in [-0.4, -0.2) is 60.2 Å². The molecule has 2 aromatic rings. The largest absolute Gasteiger partial charge is 0.497 e. The normalized spacial score (nSPS) is 15.9. The average molecular weight is 493 g/mol. The van der Waals surface area contributed by atoms with Gasteiger partial charge in [0, 0.05) is 25.1 Å². The molecule has 0 saturated carbocycles. The molecule has 1 fully saturated rings. The van der Waals surface area contributed by atoms with Crippen molar-refractivity contribution in [3.63, 3.8) is 0 Å². The summed E-state index contributed by atoms with van der Waals surface area (Å²) in [5.74, 6) is 1.51. The third-order valence-electron chi connectivity index (χ3n) is 6.08. The van der Waals surface area contributed by atoms with Crippen LogP contribution in [0.25, 0.3) is 0 Å². The zero-order valence-electron chi connectivity index (χ0n) is 20.2. The minimum Gasteiger partial charge on any atom is -0.497 e. The van der Waals surface area contributed by atoms with E-state index in [0.29, 0.717) is 30.1 Å². The molecule has 0 bridgehead atoms. The Kier molecular flexibility index (Phi) is 8.27. The first-order chi connectivity index (χ1) is 16.2. The van der Waals surface area contributed by atoms with Gasteiger partial charge in [0.2, 0.25) is 15.9 Å². The van der Waals surface area contributed by atoms with Crippen LogP contribution in [0.1, 0.15) is 31.4 Å². The summed E-state index contributed by atoms with van der Waals surface area (Å²) in [7, 11) is 2.24. The van der Waals surface area contributed by atoms with Crippen LogP contribution in [0.5, 0.6) is 23.0 Å². The molecule has 3 rings (SSSR count). The Morgan fingerprint density at radius 2 is 1.53 bits per heavy atom. The molecule has 0 spiro atoms. The van der Waals surface area contributed by atoms with E-state index in [1.165, 1.54) is 24.6 Å². The van der Waals surface area contributed by atoms with Gasteiger partial charge in [-0.25, -0.2) is 8.42 Å². The maximum atomic E-state index is 13.3. The molecule has 1 aliphatic heterocycles. The minimum absolute atomic E-state index is 0.0549. The molecule has 0 radical (unpaired) electrons. The molecular formula is C24H32N2O7S. The number of amides is 1. The maximum absolute atomic E-state index is 13.3. The van der Waals surface area contributed by atoms with Crippen LogP contribution in [0.2, 0.25) is 0 Å². The molecule has 0 aromatic heterocycles. The Bertz CT molecular complexity index is 1110. The number of piperidine rings is 1. The second-order valence-corrected chi connectivity index (χ2v) is 9.95. The molecule has 0 aliphatic carbocycles. The van der Waals surface area contributed by atoms with Crippen LogP contribution >= 0.6 is 0 Å². The summed E-state index contributed by atoms with van der Waals surface area (Å²) in [5.41, 5.74) is 0.885. The van der Waals surface area contributed by atoms with Crippen molar-refractivity contribution >= 4 is 15.9 Å². The second kappa shape index (κ2) is 11.0. The van der Waals surface area contributed by atoms with E-state index >= 15 is 0 Å². The highest BCUT2D eigenvalue weighted by Crippen LogP contribution is 2.33. The molecule has 9 nitrogen and oxygen atoms in total. The smallest absolute Gasteiger partial charge is 0.246 e. The first-order valence-electron chi connectivity index (χ1n) is 11.0. The van der Waals surface area contributed by atoms with Crippen molar-refractivity contribution in [3.8, 4) is 23.0 Å². The van der Waals surface area contributed by atoms with Gasteiger partial charge in [-0.05, 0) is 49.6 Å². The lowest BCUT2D eigenvalue weighted by atomic mass is 9.96. The summed E-state index contributed by atoms with van der Waals surface area (Å²) in [6.07, 6.45) is 0.853. The number of carbonyl (C=O) groups is 1. The summed E-state index contributed by atoms with van der Waals surface area (Å²) >= 11 is 0. The fraction of sp³-hybridized carbons (Fsp3) is 0.458. The van der Waals surface area contributed by atoms with Crippen molar-refractivity contribution in [2.45, 2.75) is 30.7 Å². The van der Waals surface area contributed by atoms with E-state index in [1.807, 2.05) is 19.1 Å². The third-order valence-corrected chi connectivity index (χ3v) is 8.00. The third kappa shape index (κ3) is 5.39. The van der Waals surface area contributed by atoms with Crippen molar-refractivity contribution < 1.29 is 32.2 Å². The summed E-state index contributed by atoms with van der Waals surface area (Å²) in [5, 5.41) is 3.03. The zero-order valence-corrected chi connectivity index (χ0v) is 21.0. The van der Waals surface area contributed by atoms with Crippen molar-refractivity contribution in [1.82, 2.24) is 9.62 Å². The lowest BCUT2D eigenvalue weighted by Crippen LogP contribution is -2.43. The van der Waals surface area contributed by atoms with E-state index in [0.717, 1.165) is 5.56 Å². The van der Waals surface area contributed by atoms with Gasteiger partial charge in [0.15, 0.2) is 11.5 Å². The Morgan fingerprint density at radius 1 is 0.912 bits per heavy atom. The van der Waals surface area contributed by atoms with Crippen molar-refractivity contribution in [2.75, 3.05) is 41.5 Å². The Labute approximate surface area is 201 Å². The molecule has 0 unspecified atom stereocenters. The van der Waals surface area contributed by atoms with Crippen molar-refractivity contribution in [3.05, 3.63) is 42.0 Å². The van der Waals surface area contributed by atoms with E-state index in [1.54, 1.807) is 32.4 Å². The molecule has 2 aromatic carbocycles. The number of hydrogen-bond donors (Lipinski definition) is 1. The van der Waals surface area contributed by atoms with Gasteiger partial charge >= 0.3 is 0 Å². The SMILES string of the molecule is COc1ccc(OC)c(S(=O)(=O)N2CCC(C(=O)N[C@H](C)c3ccc(OC)c(OC)c3)CC2)c1. The number of nitrogens with zero attached hydrogens (tertiary/aromatic N) is 1. The van der Waals surface area contributed by atoms with Crippen LogP contribution < -0.4 is 24.3 Å². The number of carbonyl (C=O) groups excluding carboxylic acids is 1. The number of rotatable bonds is 9. The zero-order chi connectivity index (χ0) is 24.9. The molecule has 34 heavy (non-hydrogen) atoms. The topological polar surface area (TPSA) is 103 Å². The van der Waals surface area contributed by atoms with Crippen LogP contribution in [0.3, 0.4) is 0 Å². The fourth-order valence-electron chi connectivity index (χ4n) is 4.02. The highest BCUT2D eigenvalue weighted by Gasteiger charge is 2.34. The highest BCUT2D eigenvalue weighted by atomic mass is 32.2. The van der Waals surface area contributed by atoms with Gasteiger partial charge in [-0.2, -0.15) is 4.31 Å². The molecule has 10 heteroatoms. The summed E-state index contributed by atoms with van der Waals surface area (Å²) in [6, 6.07) is 9.94. The Morgan fingerprint density at radius 3 is 2.12 bits per heavy atom. The van der Waals surface area contributed by atoms with Gasteiger partial charge in [-0.1, -0.05) is 6.07 Å². The van der Waals surface area contributed by atoms with Crippen LogP contribution in [-0.2, 0) is 14.8 Å². The summed E-state index contributed by atoms with van der Waals surface area (Å²) < 4.78 is 48.9. The average Bonchev–Trinajstić information content (AvgIpc) is 2.87. The molecule has 1 saturated heterocycles. The summed E-state index contributed by atoms with van der Waals surface area (Å²) in [6.45, 7) is 2.38. The number of ether oxygens (including phenoxy) is 4. The van der Waals surface area contributed by atoms with E-state index in [-0.39, 0.29) is 41.6 Å². The lowest BCUT2D eigenvalue weighted by molar-refractivity contribution is -0.126. The minimum atomic E-state index is -3.80. The van der Waals surface area contributed by atoms with Gasteiger partial charge in [-0.15, -0.1) is 0 Å². The fourth-order valence-corrected chi connectivity index (χ4v) is 5.66. The molecule has 186 valence electrons. The number of hydrogen-bond acceptors (Lipinski definition) is 7. The number of nitrogens with one attached hydrogen (secondary N) is 1. The van der Waals surface area contributed by atoms with Gasteiger partial charge in [0.05, 0.1) is 34.5 Å². The quantitative estimate of drug-likeness (QED) is 0.574. The monoisotopic (exact) mass is 492 g/mol. The predicted octanol–water partition coefficient (Wildman–Crippen LogP) is 3.00. The van der Waals surface area contributed by atoms with Crippen molar-refractivity contribution in [2.24, 2.45) is 5.92 Å². The van der Waals surface area contributed by atoms with Crippen LogP contribution in [0.4, 0.5) is 0 Å². The predicted molar refractivity (Wildman–Crippen MR) is 127 cm³/mol. The first-order valence-corrected chi connectivity index (χ1v) is 12.4. The van der Waals surface area contributed by atoms with Gasteiger partial charge in [0.25, 0.3) is 0 Å². The van der Waals surface area contributed by atoms with Gasteiger partial charge in [0.1, 0.15) is 16.4 Å². The second-order valence-electron chi connectivity index (χ2n) is 8.04. The standard InChI is InChI=1S/C24H32N2O7S/c1-16(18-6-8-20(31-3)22(14-18)33-5)25-24(27)17-10-12-26(13-11-17)34(28,29)23-15-19(30-2)7-9-21(23)32-4/h6-9,14-17H,10-13H2,1-5H3,(H,25,27)/t16-/m1/s1. The van der Waals surface area contributed by atoms with E-state index in [9.17, 15) is 13.2 Å². The Hall–Kier alpha value is -2.98. The molecular weight excluding hydrogens is 460 g/mol. The lowest BCUT2D eigenvalue weighted by Gasteiger charge is -2.31. The molecule has 1 amide bonds. The number of benzene rings is 2. The van der Waals surface area contributed by atoms with E-state index < -0.39 is 10.0 Å². The van der Waals surface area contributed by atoms with Crippen LogP contribution in [0.15, 0.2) is 41.3 Å². The number of sulfonamides is 1. The molecule has 1 aliphatic rings. The summed E-state index contributed by atoms with van der Waals surface area (Å²) in [4.78, 5) is 13.0. The maximum Gasteiger partial charge on any atom is 0.246 e. The molecule has 1 heterocycles. The van der Waals surface area contributed by atoms with E-state index in [4.69, 9.17) is 18.9 Å². The van der Waals surface area contributed by atoms with Gasteiger partial charge < -0.3 is 24.3 Å². The van der Waals surface area contributed by atoms with E-state index in [2.05, 4.69) is 5.32 Å². The highest BCUT2D eigenvalue weighted by molar-refractivity contribution is 7.89. The molecule has 1 N–H and O–H groups in total. The van der Waals surface area contributed by atoms with Crippen LogP contribution in [0, 0.1) is 5.92 Å².